The van der Waals surface area contributed by atoms with Crippen LogP contribution in [0.25, 0.3) is 0 Å². The maximum atomic E-state index is 10.1. The van der Waals surface area contributed by atoms with E-state index in [4.69, 9.17) is 15.5 Å². The van der Waals surface area contributed by atoms with Crippen LogP contribution in [-0.2, 0) is 0 Å². The number of nitrogens with zero attached hydrogens (tertiary/aromatic N) is 1. The topological polar surface area (TPSA) is 67.6 Å². The minimum atomic E-state index is -2.67. The van der Waals surface area contributed by atoms with E-state index in [2.05, 4.69) is 0 Å². The summed E-state index contributed by atoms with van der Waals surface area (Å²) < 4.78 is 10.1. The van der Waals surface area contributed by atoms with Crippen molar-refractivity contribution in [3.63, 3.8) is 0 Å². The van der Waals surface area contributed by atoms with Crippen LogP contribution in [0.3, 0.4) is 0 Å². The fourth-order valence-corrected chi connectivity index (χ4v) is 1.14. The van der Waals surface area contributed by atoms with Crippen LogP contribution in [0.5, 0.6) is 0 Å². The van der Waals surface area contributed by atoms with Gasteiger partial charge in [0.25, 0.3) is 0 Å². The van der Waals surface area contributed by atoms with Gasteiger partial charge < -0.3 is 14.9 Å². The molecule has 3 N–H and O–H groups in total. The Hall–Kier alpha value is -0.615. The first kappa shape index (κ1) is 12.4. The van der Waals surface area contributed by atoms with E-state index >= 15 is 0 Å². The van der Waals surface area contributed by atoms with Gasteiger partial charge in [-0.2, -0.15) is 0 Å². The molecule has 0 aromatic heterocycles. The monoisotopic (exact) mass is 190 g/mol. The van der Waals surface area contributed by atoms with Gasteiger partial charge in [0.1, 0.15) is 0 Å². The smallest absolute Gasteiger partial charge is 0.398 e. The molecule has 6 heteroatoms. The van der Waals surface area contributed by atoms with E-state index in [1.807, 2.05) is 11.9 Å². The first-order valence-electron chi connectivity index (χ1n) is 4.33. The maximum Gasteiger partial charge on any atom is 0.674 e. The molecule has 13 heavy (non-hydrogen) atoms. The average molecular weight is 190 g/mol. The number of amidine groups is 1. The zero-order valence-corrected chi connectivity index (χ0v) is 7.83. The summed E-state index contributed by atoms with van der Waals surface area (Å²) in [5, 5.41) is 21.3. The highest BCUT2D eigenvalue weighted by Gasteiger charge is 2.07. The largest absolute Gasteiger partial charge is 0.674 e. The Morgan fingerprint density at radius 1 is 1.38 bits per heavy atom. The molecule has 1 rings (SSSR count). The molecule has 0 atom stereocenters. The van der Waals surface area contributed by atoms with Crippen molar-refractivity contribution in [1.29, 1.82) is 5.41 Å². The van der Waals surface area contributed by atoms with E-state index in [1.54, 1.807) is 0 Å². The molecular weight excluding hydrogens is 174 g/mol. The molecule has 76 valence electrons. The summed E-state index contributed by atoms with van der Waals surface area (Å²) in [4.78, 5) is 2.05. The Balaban J connectivity index is 0.000000310. The molecule has 0 saturated carbocycles. The number of nitrogens with one attached hydrogen (secondary N) is 1. The molecule has 0 amide bonds. The van der Waals surface area contributed by atoms with Crippen LogP contribution in [0.2, 0.25) is 0 Å². The lowest BCUT2D eigenvalue weighted by Crippen LogP contribution is -2.24. The van der Waals surface area contributed by atoms with Gasteiger partial charge in [0.05, 0.1) is 5.84 Å². The minimum absolute atomic E-state index is 0.813. The van der Waals surface area contributed by atoms with Gasteiger partial charge in [-0.25, -0.2) is 0 Å². The standard InChI is InChI=1S/C7H14N2.BFH2O2/c1-9-6-4-2-3-5-7(9)8;2-1(3)4/h8H,2-6H2,1H3;3-4H. The number of halogens is 1. The molecule has 1 aliphatic rings. The fourth-order valence-electron chi connectivity index (χ4n) is 1.14. The lowest BCUT2D eigenvalue weighted by molar-refractivity contribution is 0.340. The van der Waals surface area contributed by atoms with E-state index in [1.165, 1.54) is 19.3 Å². The Bertz CT molecular complexity index is 155. The van der Waals surface area contributed by atoms with Crippen molar-refractivity contribution in [3.05, 3.63) is 0 Å². The van der Waals surface area contributed by atoms with Gasteiger partial charge in [-0.15, -0.1) is 0 Å². The number of hydrogen-bond acceptors (Lipinski definition) is 3. The Kier molecular flexibility index (Phi) is 6.53. The van der Waals surface area contributed by atoms with Crippen molar-refractivity contribution in [2.45, 2.75) is 25.7 Å². The van der Waals surface area contributed by atoms with Gasteiger partial charge in [0, 0.05) is 20.0 Å². The van der Waals surface area contributed by atoms with Crippen molar-refractivity contribution in [2.75, 3.05) is 13.6 Å². The molecule has 0 aromatic carbocycles. The minimum Gasteiger partial charge on any atom is -0.398 e. The highest BCUT2D eigenvalue weighted by Crippen LogP contribution is 2.08. The molecule has 1 heterocycles. The Morgan fingerprint density at radius 3 is 2.46 bits per heavy atom. The zero-order valence-electron chi connectivity index (χ0n) is 7.83. The third-order valence-corrected chi connectivity index (χ3v) is 1.87. The van der Waals surface area contributed by atoms with Crippen LogP contribution in [-0.4, -0.2) is 41.8 Å². The van der Waals surface area contributed by atoms with Crippen molar-refractivity contribution in [2.24, 2.45) is 0 Å². The van der Waals surface area contributed by atoms with E-state index in [9.17, 15) is 4.32 Å². The molecule has 1 aliphatic heterocycles. The summed E-state index contributed by atoms with van der Waals surface area (Å²) in [7, 11) is -0.659. The molecule has 0 radical (unpaired) electrons. The van der Waals surface area contributed by atoms with Gasteiger partial charge >= 0.3 is 7.40 Å². The summed E-state index contributed by atoms with van der Waals surface area (Å²) in [5.41, 5.74) is 0. The van der Waals surface area contributed by atoms with Gasteiger partial charge in [0.15, 0.2) is 0 Å². The van der Waals surface area contributed by atoms with Crippen LogP contribution < -0.4 is 0 Å². The van der Waals surface area contributed by atoms with E-state index < -0.39 is 7.40 Å². The van der Waals surface area contributed by atoms with E-state index in [-0.39, 0.29) is 0 Å². The molecule has 1 saturated heterocycles. The molecular formula is C7H16BFN2O2. The number of rotatable bonds is 0. The second-order valence-corrected chi connectivity index (χ2v) is 2.99. The summed E-state index contributed by atoms with van der Waals surface area (Å²) in [6.45, 7) is 1.08. The molecule has 0 spiro atoms. The quantitative estimate of drug-likeness (QED) is 0.484. The van der Waals surface area contributed by atoms with Crippen LogP contribution in [0, 0.1) is 5.41 Å². The summed E-state index contributed by atoms with van der Waals surface area (Å²) in [6, 6.07) is 0. The van der Waals surface area contributed by atoms with Crippen molar-refractivity contribution < 1.29 is 14.4 Å². The van der Waals surface area contributed by atoms with E-state index in [0.29, 0.717) is 0 Å². The predicted molar refractivity (Wildman–Crippen MR) is 50.1 cm³/mol. The van der Waals surface area contributed by atoms with Crippen molar-refractivity contribution in [1.82, 2.24) is 4.90 Å². The number of hydrogen-bond donors (Lipinski definition) is 3. The highest BCUT2D eigenvalue weighted by molar-refractivity contribution is 6.31. The van der Waals surface area contributed by atoms with Gasteiger partial charge in [-0.05, 0) is 12.8 Å². The molecule has 0 bridgehead atoms. The Labute approximate surface area is 78.1 Å². The molecule has 1 fully saturated rings. The first-order valence-corrected chi connectivity index (χ1v) is 4.33. The summed E-state index contributed by atoms with van der Waals surface area (Å²) >= 11 is 0. The SMILES string of the molecule is CN1CCCCCC1=N.OB(O)F. The van der Waals surface area contributed by atoms with Gasteiger partial charge in [-0.1, -0.05) is 6.42 Å². The molecule has 0 aliphatic carbocycles. The molecule has 0 aromatic rings. The lowest BCUT2D eigenvalue weighted by Gasteiger charge is -2.15. The number of likely N-dealkylation sites (tertiary alicyclic amines) is 1. The van der Waals surface area contributed by atoms with Crippen molar-refractivity contribution >= 4 is 13.2 Å². The zero-order chi connectivity index (χ0) is 10.3. The highest BCUT2D eigenvalue weighted by atomic mass is 19.1. The van der Waals surface area contributed by atoms with Crippen molar-refractivity contribution in [3.8, 4) is 0 Å². The normalized spacial score (nSPS) is 17.2. The third-order valence-electron chi connectivity index (χ3n) is 1.87. The molecule has 4 nitrogen and oxygen atoms in total. The van der Waals surface area contributed by atoms with E-state index in [0.717, 1.165) is 18.8 Å². The first-order chi connectivity index (χ1) is 6.04. The summed E-state index contributed by atoms with van der Waals surface area (Å²) in [6.07, 6.45) is 4.76. The van der Waals surface area contributed by atoms with Crippen LogP contribution in [0.4, 0.5) is 4.32 Å². The lowest BCUT2D eigenvalue weighted by atomic mass is 10.2. The van der Waals surface area contributed by atoms with Gasteiger partial charge in [-0.3, -0.25) is 9.72 Å². The third kappa shape index (κ3) is 7.74. The van der Waals surface area contributed by atoms with Crippen LogP contribution in [0.1, 0.15) is 25.7 Å². The van der Waals surface area contributed by atoms with Crippen LogP contribution >= 0.6 is 0 Å². The predicted octanol–water partition coefficient (Wildman–Crippen LogP) is 0.395. The molecule has 0 unspecified atom stereocenters. The maximum absolute atomic E-state index is 10.1. The average Bonchev–Trinajstić information content (AvgIpc) is 2.16. The second-order valence-electron chi connectivity index (χ2n) is 2.99. The second kappa shape index (κ2) is 6.85. The van der Waals surface area contributed by atoms with Crippen LogP contribution in [0.15, 0.2) is 0 Å². The Morgan fingerprint density at radius 2 is 1.92 bits per heavy atom. The fraction of sp³-hybridized carbons (Fsp3) is 0.857. The van der Waals surface area contributed by atoms with Gasteiger partial charge in [0.2, 0.25) is 0 Å². The summed E-state index contributed by atoms with van der Waals surface area (Å²) in [5.74, 6) is 0.813.